The van der Waals surface area contributed by atoms with E-state index < -0.39 is 0 Å². The Bertz CT molecular complexity index is 1100. The lowest BCUT2D eigenvalue weighted by molar-refractivity contribution is 0.477. The second-order valence-corrected chi connectivity index (χ2v) is 7.98. The Hall–Kier alpha value is -3.19. The molecule has 0 atom stereocenters. The number of hydrogen-bond donors (Lipinski definition) is 3. The van der Waals surface area contributed by atoms with Gasteiger partial charge in [0, 0.05) is 42.3 Å². The van der Waals surface area contributed by atoms with E-state index in [4.69, 9.17) is 0 Å². The molecular formula is C23H26N6O. The Labute approximate surface area is 175 Å². The predicted octanol–water partition coefficient (Wildman–Crippen LogP) is 2.49. The third-order valence-corrected chi connectivity index (χ3v) is 5.86. The van der Waals surface area contributed by atoms with E-state index in [1.807, 2.05) is 18.3 Å². The Morgan fingerprint density at radius 2 is 2.00 bits per heavy atom. The van der Waals surface area contributed by atoms with Crippen molar-refractivity contribution in [3.05, 3.63) is 70.3 Å². The molecule has 5 rings (SSSR count). The number of nitrogens with one attached hydrogen (secondary N) is 3. The van der Waals surface area contributed by atoms with Crippen LogP contribution < -0.4 is 21.5 Å². The molecular weight excluding hydrogens is 376 g/mol. The largest absolute Gasteiger partial charge is 0.384 e. The van der Waals surface area contributed by atoms with E-state index in [-0.39, 0.29) is 5.56 Å². The smallest absolute Gasteiger partial charge is 0.251 e. The van der Waals surface area contributed by atoms with Gasteiger partial charge < -0.3 is 20.5 Å². The topological polar surface area (TPSA) is 83.9 Å². The van der Waals surface area contributed by atoms with Crippen LogP contribution in [0.15, 0.2) is 53.6 Å². The first-order valence-corrected chi connectivity index (χ1v) is 10.6. The van der Waals surface area contributed by atoms with Gasteiger partial charge in [-0.25, -0.2) is 9.97 Å². The number of anilines is 2. The van der Waals surface area contributed by atoms with Crippen LogP contribution in [0.4, 0.5) is 11.6 Å². The minimum Gasteiger partial charge on any atom is -0.384 e. The molecule has 0 bridgehead atoms. The van der Waals surface area contributed by atoms with Crippen molar-refractivity contribution in [1.29, 1.82) is 0 Å². The van der Waals surface area contributed by atoms with Crippen molar-refractivity contribution in [2.45, 2.75) is 31.8 Å². The molecule has 3 aromatic rings. The van der Waals surface area contributed by atoms with Gasteiger partial charge in [-0.3, -0.25) is 4.79 Å². The second kappa shape index (κ2) is 8.28. The van der Waals surface area contributed by atoms with Crippen LogP contribution in [-0.2, 0) is 13.0 Å². The number of pyridine rings is 1. The van der Waals surface area contributed by atoms with Crippen LogP contribution in [0.2, 0.25) is 0 Å². The van der Waals surface area contributed by atoms with E-state index >= 15 is 0 Å². The zero-order chi connectivity index (χ0) is 20.3. The van der Waals surface area contributed by atoms with Crippen molar-refractivity contribution >= 4 is 11.6 Å². The van der Waals surface area contributed by atoms with E-state index in [1.165, 1.54) is 11.3 Å². The molecule has 1 aromatic carbocycles. The Balaban J connectivity index is 1.33. The minimum absolute atomic E-state index is 0.0348. The first-order valence-electron chi connectivity index (χ1n) is 10.6. The maximum Gasteiger partial charge on any atom is 0.251 e. The second-order valence-electron chi connectivity index (χ2n) is 7.98. The van der Waals surface area contributed by atoms with E-state index in [9.17, 15) is 4.79 Å². The first kappa shape index (κ1) is 18.8. The van der Waals surface area contributed by atoms with Gasteiger partial charge in [0.15, 0.2) is 0 Å². The number of fused-ring (bicyclic) bond motifs is 1. The number of rotatable bonds is 5. The summed E-state index contributed by atoms with van der Waals surface area (Å²) in [6, 6.07) is 12.2. The molecule has 0 spiro atoms. The average Bonchev–Trinajstić information content (AvgIpc) is 3.24. The maximum atomic E-state index is 12.7. The van der Waals surface area contributed by atoms with E-state index in [1.54, 1.807) is 16.8 Å². The standard InChI is InChI=1S/C23H26N6O/c30-22-14-18(20-6-11-26-23(28-20)27-19-4-8-24-9-5-19)7-12-29(22)15-16-1-2-17-3-10-25-21(17)13-16/h1-2,6-7,11-14,19,24-25H,3-5,8-10,15H2,(H,26,27,28). The van der Waals surface area contributed by atoms with Gasteiger partial charge in [-0.1, -0.05) is 12.1 Å². The molecule has 2 aliphatic rings. The van der Waals surface area contributed by atoms with Gasteiger partial charge in [-0.05, 0) is 61.7 Å². The molecule has 0 aliphatic carbocycles. The molecule has 30 heavy (non-hydrogen) atoms. The highest BCUT2D eigenvalue weighted by Crippen LogP contribution is 2.23. The summed E-state index contributed by atoms with van der Waals surface area (Å²) in [4.78, 5) is 21.7. The Kier molecular flexibility index (Phi) is 5.19. The summed E-state index contributed by atoms with van der Waals surface area (Å²) in [7, 11) is 0. The molecule has 1 saturated heterocycles. The lowest BCUT2D eigenvalue weighted by atomic mass is 10.1. The highest BCUT2D eigenvalue weighted by atomic mass is 16.1. The van der Waals surface area contributed by atoms with Crippen molar-refractivity contribution < 1.29 is 0 Å². The molecule has 0 unspecified atom stereocenters. The quantitative estimate of drug-likeness (QED) is 0.608. The highest BCUT2D eigenvalue weighted by Gasteiger charge is 2.14. The van der Waals surface area contributed by atoms with E-state index in [2.05, 4.69) is 44.1 Å². The summed E-state index contributed by atoms with van der Waals surface area (Å²) < 4.78 is 1.73. The third-order valence-electron chi connectivity index (χ3n) is 5.86. The SMILES string of the molecule is O=c1cc(-c2ccnc(NC3CCNCC3)n2)ccn1Cc1ccc2c(c1)NCC2. The monoisotopic (exact) mass is 402 g/mol. The number of benzene rings is 1. The van der Waals surface area contributed by atoms with Crippen molar-refractivity contribution in [1.82, 2.24) is 19.9 Å². The number of piperidine rings is 1. The van der Waals surface area contributed by atoms with Crippen LogP contribution in [0.3, 0.4) is 0 Å². The summed E-state index contributed by atoms with van der Waals surface area (Å²) in [6.45, 7) is 3.56. The Morgan fingerprint density at radius 3 is 2.87 bits per heavy atom. The minimum atomic E-state index is -0.0348. The molecule has 0 radical (unpaired) electrons. The van der Waals surface area contributed by atoms with Gasteiger partial charge in [-0.15, -0.1) is 0 Å². The molecule has 3 N–H and O–H groups in total. The lowest BCUT2D eigenvalue weighted by Gasteiger charge is -2.23. The molecule has 1 fully saturated rings. The number of hydrogen-bond acceptors (Lipinski definition) is 6. The fraction of sp³-hybridized carbons (Fsp3) is 0.348. The van der Waals surface area contributed by atoms with Crippen molar-refractivity contribution in [3.63, 3.8) is 0 Å². The van der Waals surface area contributed by atoms with E-state index in [0.29, 0.717) is 18.5 Å². The number of nitrogens with zero attached hydrogens (tertiary/aromatic N) is 3. The summed E-state index contributed by atoms with van der Waals surface area (Å²) in [6.07, 6.45) is 6.77. The van der Waals surface area contributed by atoms with Gasteiger partial charge in [0.05, 0.1) is 12.2 Å². The van der Waals surface area contributed by atoms with Crippen molar-refractivity contribution in [2.24, 2.45) is 0 Å². The van der Waals surface area contributed by atoms with Gasteiger partial charge >= 0.3 is 0 Å². The van der Waals surface area contributed by atoms with Crippen LogP contribution in [0.1, 0.15) is 24.0 Å². The molecule has 2 aliphatic heterocycles. The Morgan fingerprint density at radius 1 is 1.10 bits per heavy atom. The normalized spacial score (nSPS) is 16.1. The molecule has 2 aromatic heterocycles. The zero-order valence-electron chi connectivity index (χ0n) is 16.9. The lowest BCUT2D eigenvalue weighted by Crippen LogP contribution is -2.35. The summed E-state index contributed by atoms with van der Waals surface area (Å²) in [5, 5.41) is 10.2. The van der Waals surface area contributed by atoms with Crippen LogP contribution >= 0.6 is 0 Å². The molecule has 7 nitrogen and oxygen atoms in total. The average molecular weight is 403 g/mol. The fourth-order valence-corrected chi connectivity index (χ4v) is 4.17. The van der Waals surface area contributed by atoms with Gasteiger partial charge in [0.2, 0.25) is 5.95 Å². The van der Waals surface area contributed by atoms with Crippen LogP contribution in [-0.4, -0.2) is 40.2 Å². The van der Waals surface area contributed by atoms with Gasteiger partial charge in [0.25, 0.3) is 5.56 Å². The van der Waals surface area contributed by atoms with Crippen molar-refractivity contribution in [2.75, 3.05) is 30.3 Å². The van der Waals surface area contributed by atoms with Gasteiger partial charge in [0.1, 0.15) is 0 Å². The molecule has 0 amide bonds. The van der Waals surface area contributed by atoms with Crippen LogP contribution in [0.5, 0.6) is 0 Å². The predicted molar refractivity (Wildman–Crippen MR) is 119 cm³/mol. The molecule has 154 valence electrons. The number of aromatic nitrogens is 3. The summed E-state index contributed by atoms with van der Waals surface area (Å²) in [5.41, 5.74) is 5.18. The zero-order valence-corrected chi connectivity index (χ0v) is 16.9. The molecule has 7 heteroatoms. The van der Waals surface area contributed by atoms with Crippen molar-refractivity contribution in [3.8, 4) is 11.3 Å². The third kappa shape index (κ3) is 4.07. The first-order chi connectivity index (χ1) is 14.7. The van der Waals surface area contributed by atoms with Crippen LogP contribution in [0, 0.1) is 0 Å². The van der Waals surface area contributed by atoms with Gasteiger partial charge in [-0.2, -0.15) is 0 Å². The maximum absolute atomic E-state index is 12.7. The fourth-order valence-electron chi connectivity index (χ4n) is 4.17. The van der Waals surface area contributed by atoms with E-state index in [0.717, 1.165) is 55.7 Å². The summed E-state index contributed by atoms with van der Waals surface area (Å²) in [5.74, 6) is 0.620. The van der Waals surface area contributed by atoms with Crippen LogP contribution in [0.25, 0.3) is 11.3 Å². The highest BCUT2D eigenvalue weighted by molar-refractivity contribution is 5.59. The molecule has 4 heterocycles. The molecule has 0 saturated carbocycles. The summed E-state index contributed by atoms with van der Waals surface area (Å²) >= 11 is 0.